The summed E-state index contributed by atoms with van der Waals surface area (Å²) in [7, 11) is 4.06. The van der Waals surface area contributed by atoms with Crippen LogP contribution in [0.5, 0.6) is 0 Å². The summed E-state index contributed by atoms with van der Waals surface area (Å²) in [5.74, 6) is -0.647. The van der Waals surface area contributed by atoms with Crippen LogP contribution >= 0.6 is 15.9 Å². The minimum absolute atomic E-state index is 0.231. The lowest BCUT2D eigenvalue weighted by Gasteiger charge is -2.17. The van der Waals surface area contributed by atoms with Crippen molar-refractivity contribution in [3.8, 4) is 0 Å². The lowest BCUT2D eigenvalue weighted by atomic mass is 9.99. The first kappa shape index (κ1) is 23.7. The van der Waals surface area contributed by atoms with Gasteiger partial charge >= 0.3 is 5.97 Å². The molecule has 174 valence electrons. The number of ether oxygens (including phenoxy) is 1. The van der Waals surface area contributed by atoms with Gasteiger partial charge in [-0.1, -0.05) is 58.4 Å². The third-order valence-corrected chi connectivity index (χ3v) is 6.13. The summed E-state index contributed by atoms with van der Waals surface area (Å²) in [5, 5.41) is 6.37. The van der Waals surface area contributed by atoms with E-state index in [1.807, 2.05) is 56.6 Å². The maximum Gasteiger partial charge on any atom is 0.338 e. The number of nitrogens with zero attached hydrogens (tertiary/aromatic N) is 1. The smallest absolute Gasteiger partial charge is 0.338 e. The Morgan fingerprint density at radius 2 is 1.79 bits per heavy atom. The summed E-state index contributed by atoms with van der Waals surface area (Å²) >= 11 is 3.67. The zero-order chi connectivity index (χ0) is 24.2. The minimum atomic E-state index is -0.416. The van der Waals surface area contributed by atoms with Crippen molar-refractivity contribution in [2.24, 2.45) is 0 Å². The second-order valence-electron chi connectivity index (χ2n) is 8.22. The first-order valence-electron chi connectivity index (χ1n) is 11.0. The van der Waals surface area contributed by atoms with Crippen LogP contribution in [0.3, 0.4) is 0 Å². The van der Waals surface area contributed by atoms with E-state index in [1.165, 1.54) is 5.56 Å². The van der Waals surface area contributed by atoms with Crippen LogP contribution in [-0.4, -0.2) is 37.5 Å². The van der Waals surface area contributed by atoms with E-state index in [0.717, 1.165) is 27.8 Å². The van der Waals surface area contributed by atoms with Crippen molar-refractivity contribution in [2.45, 2.75) is 13.5 Å². The predicted octanol–water partition coefficient (Wildman–Crippen LogP) is 5.62. The molecule has 3 aromatic carbocycles. The van der Waals surface area contributed by atoms with Crippen LogP contribution in [0.1, 0.15) is 34.0 Å². The lowest BCUT2D eigenvalue weighted by Crippen LogP contribution is -2.12. The lowest BCUT2D eigenvalue weighted by molar-refractivity contribution is -0.110. The van der Waals surface area contributed by atoms with Crippen molar-refractivity contribution >= 4 is 50.5 Å². The standard InChI is InChI=1S/C27H26BrN3O3/c1-4-34-27(33)18-11-13-21-23(14-18)30-26(32)24(21)25(17-8-6-5-7-9-17)29-20-12-10-19(16-31(2)3)22(28)15-20/h5-15,29H,4,16H2,1-3H3,(H,30,32). The number of carbonyl (C=O) groups excluding carboxylic acids is 2. The van der Waals surface area contributed by atoms with Gasteiger partial charge in [0.05, 0.1) is 29.1 Å². The molecule has 1 heterocycles. The number of nitrogens with one attached hydrogen (secondary N) is 2. The second-order valence-corrected chi connectivity index (χ2v) is 9.07. The van der Waals surface area contributed by atoms with Gasteiger partial charge in [-0.05, 0) is 56.4 Å². The van der Waals surface area contributed by atoms with Gasteiger partial charge in [-0.2, -0.15) is 0 Å². The summed E-state index contributed by atoms with van der Waals surface area (Å²) in [5.41, 5.74) is 5.82. The molecule has 0 saturated carbocycles. The Hall–Kier alpha value is -3.42. The fourth-order valence-electron chi connectivity index (χ4n) is 3.88. The number of rotatable bonds is 7. The van der Waals surface area contributed by atoms with Gasteiger partial charge in [0.25, 0.3) is 5.91 Å². The molecule has 0 atom stereocenters. The molecule has 3 aromatic rings. The number of fused-ring (bicyclic) bond motifs is 1. The SMILES string of the molecule is CCOC(=O)c1ccc2c(c1)NC(=O)C2=C(Nc1ccc(CN(C)C)c(Br)c1)c1ccccc1. The molecule has 0 unspecified atom stereocenters. The molecule has 1 aliphatic heterocycles. The number of hydrogen-bond acceptors (Lipinski definition) is 5. The Bertz CT molecular complexity index is 1270. The molecule has 1 amide bonds. The zero-order valence-corrected chi connectivity index (χ0v) is 20.9. The molecule has 6 nitrogen and oxygen atoms in total. The summed E-state index contributed by atoms with van der Waals surface area (Å²) in [6.45, 7) is 2.86. The third kappa shape index (κ3) is 5.05. The molecule has 0 spiro atoms. The van der Waals surface area contributed by atoms with E-state index in [9.17, 15) is 9.59 Å². The zero-order valence-electron chi connectivity index (χ0n) is 19.3. The fraction of sp³-hybridized carbons (Fsp3) is 0.185. The quantitative estimate of drug-likeness (QED) is 0.313. The Labute approximate surface area is 207 Å². The Kier molecular flexibility index (Phi) is 7.14. The normalized spacial score (nSPS) is 14.0. The van der Waals surface area contributed by atoms with Crippen molar-refractivity contribution in [1.82, 2.24) is 4.90 Å². The van der Waals surface area contributed by atoms with E-state index in [4.69, 9.17) is 4.74 Å². The Morgan fingerprint density at radius 1 is 1.03 bits per heavy atom. The minimum Gasteiger partial charge on any atom is -0.462 e. The fourth-order valence-corrected chi connectivity index (χ4v) is 4.39. The second kappa shape index (κ2) is 10.2. The van der Waals surface area contributed by atoms with Crippen molar-refractivity contribution in [2.75, 3.05) is 31.3 Å². The van der Waals surface area contributed by atoms with Crippen LogP contribution in [0, 0.1) is 0 Å². The average molecular weight is 520 g/mol. The van der Waals surface area contributed by atoms with E-state index >= 15 is 0 Å². The van der Waals surface area contributed by atoms with Gasteiger partial charge in [0.2, 0.25) is 0 Å². The van der Waals surface area contributed by atoms with Crippen LogP contribution in [0.15, 0.2) is 71.2 Å². The summed E-state index contributed by atoms with van der Waals surface area (Å²) in [4.78, 5) is 27.4. The largest absolute Gasteiger partial charge is 0.462 e. The van der Waals surface area contributed by atoms with E-state index < -0.39 is 5.97 Å². The van der Waals surface area contributed by atoms with Crippen molar-refractivity contribution < 1.29 is 14.3 Å². The molecule has 0 fully saturated rings. The van der Waals surface area contributed by atoms with Crippen LogP contribution < -0.4 is 10.6 Å². The van der Waals surface area contributed by atoms with Gasteiger partial charge in [-0.3, -0.25) is 4.79 Å². The van der Waals surface area contributed by atoms with E-state index in [0.29, 0.717) is 29.1 Å². The molecule has 7 heteroatoms. The summed E-state index contributed by atoms with van der Waals surface area (Å²) < 4.78 is 6.08. The number of amides is 1. The van der Waals surface area contributed by atoms with Gasteiger partial charge in [-0.15, -0.1) is 0 Å². The van der Waals surface area contributed by atoms with E-state index in [1.54, 1.807) is 25.1 Å². The van der Waals surface area contributed by atoms with Gasteiger partial charge in [0, 0.05) is 22.3 Å². The molecule has 1 aliphatic rings. The molecule has 0 bridgehead atoms. The molecular formula is C27H26BrN3O3. The van der Waals surface area contributed by atoms with Crippen LogP contribution in [-0.2, 0) is 16.1 Å². The number of esters is 1. The number of carbonyl (C=O) groups is 2. The molecule has 4 rings (SSSR count). The topological polar surface area (TPSA) is 70.7 Å². The highest BCUT2D eigenvalue weighted by Gasteiger charge is 2.29. The number of halogens is 1. The maximum atomic E-state index is 13.1. The molecule has 0 radical (unpaired) electrons. The monoisotopic (exact) mass is 519 g/mol. The summed E-state index contributed by atoms with van der Waals surface area (Å²) in [6.07, 6.45) is 0. The molecule has 2 N–H and O–H groups in total. The summed E-state index contributed by atoms with van der Waals surface area (Å²) in [6, 6.07) is 20.9. The Balaban J connectivity index is 1.79. The van der Waals surface area contributed by atoms with Crippen LogP contribution in [0.2, 0.25) is 0 Å². The van der Waals surface area contributed by atoms with Gasteiger partial charge < -0.3 is 20.3 Å². The van der Waals surface area contributed by atoms with Gasteiger partial charge in [0.15, 0.2) is 0 Å². The van der Waals surface area contributed by atoms with Crippen LogP contribution in [0.4, 0.5) is 11.4 Å². The number of hydrogen-bond donors (Lipinski definition) is 2. The first-order valence-corrected chi connectivity index (χ1v) is 11.8. The molecule has 0 aliphatic carbocycles. The van der Waals surface area contributed by atoms with Crippen molar-refractivity contribution in [3.05, 3.63) is 93.5 Å². The van der Waals surface area contributed by atoms with Crippen molar-refractivity contribution in [1.29, 1.82) is 0 Å². The van der Waals surface area contributed by atoms with Gasteiger partial charge in [-0.25, -0.2) is 4.79 Å². The highest BCUT2D eigenvalue weighted by atomic mass is 79.9. The molecule has 34 heavy (non-hydrogen) atoms. The van der Waals surface area contributed by atoms with E-state index in [2.05, 4.69) is 37.5 Å². The highest BCUT2D eigenvalue weighted by Crippen LogP contribution is 2.38. The Morgan fingerprint density at radius 3 is 2.47 bits per heavy atom. The van der Waals surface area contributed by atoms with E-state index in [-0.39, 0.29) is 5.91 Å². The van der Waals surface area contributed by atoms with Gasteiger partial charge in [0.1, 0.15) is 0 Å². The number of benzene rings is 3. The highest BCUT2D eigenvalue weighted by molar-refractivity contribution is 9.10. The maximum absolute atomic E-state index is 13.1. The molecule has 0 aromatic heterocycles. The predicted molar refractivity (Wildman–Crippen MR) is 139 cm³/mol. The molecule has 0 saturated heterocycles. The third-order valence-electron chi connectivity index (χ3n) is 5.40. The number of anilines is 2. The molecular weight excluding hydrogens is 494 g/mol. The van der Waals surface area contributed by atoms with Crippen molar-refractivity contribution in [3.63, 3.8) is 0 Å². The average Bonchev–Trinajstić information content (AvgIpc) is 3.14. The van der Waals surface area contributed by atoms with Crippen LogP contribution in [0.25, 0.3) is 11.3 Å². The first-order chi connectivity index (χ1) is 16.4.